The van der Waals surface area contributed by atoms with Crippen molar-refractivity contribution in [2.45, 2.75) is 31.3 Å². The highest BCUT2D eigenvalue weighted by Gasteiger charge is 2.42. The van der Waals surface area contributed by atoms with Crippen molar-refractivity contribution in [2.24, 2.45) is 0 Å². The number of carboxylic acid groups (broad SMARTS) is 1. The van der Waals surface area contributed by atoms with Crippen molar-refractivity contribution in [2.75, 3.05) is 39.8 Å². The number of likely N-dealkylation sites (tertiary alicyclic amines) is 1. The first kappa shape index (κ1) is 19.3. The van der Waals surface area contributed by atoms with Gasteiger partial charge in [0.15, 0.2) is 0 Å². The Morgan fingerprint density at radius 3 is 2.78 bits per heavy atom. The van der Waals surface area contributed by atoms with Crippen LogP contribution in [0.2, 0.25) is 0 Å². The Balaban J connectivity index is 1.74. The number of benzene rings is 1. The molecule has 2 aliphatic rings. The molecule has 2 saturated heterocycles. The fourth-order valence-corrected chi connectivity index (χ4v) is 4.25. The van der Waals surface area contributed by atoms with Gasteiger partial charge >= 0.3 is 5.97 Å². The van der Waals surface area contributed by atoms with Crippen molar-refractivity contribution in [3.63, 3.8) is 0 Å². The molecule has 1 spiro atoms. The summed E-state index contributed by atoms with van der Waals surface area (Å²) in [5.74, 6) is -1.04. The minimum Gasteiger partial charge on any atom is -0.480 e. The van der Waals surface area contributed by atoms with Gasteiger partial charge in [-0.05, 0) is 31.5 Å². The number of piperazine rings is 1. The van der Waals surface area contributed by atoms with Crippen molar-refractivity contribution >= 4 is 11.9 Å². The lowest BCUT2D eigenvalue weighted by Gasteiger charge is -2.49. The van der Waals surface area contributed by atoms with E-state index in [2.05, 4.69) is 22.9 Å². The number of amides is 1. The van der Waals surface area contributed by atoms with Gasteiger partial charge in [-0.1, -0.05) is 18.2 Å². The van der Waals surface area contributed by atoms with Crippen LogP contribution in [0.1, 0.15) is 30.4 Å². The summed E-state index contributed by atoms with van der Waals surface area (Å²) < 4.78 is 0. The molecule has 3 rings (SSSR count). The summed E-state index contributed by atoms with van der Waals surface area (Å²) >= 11 is 0. The number of rotatable bonds is 4. The predicted octanol–water partition coefficient (Wildman–Crippen LogP) is 1.14. The molecule has 2 aliphatic heterocycles. The van der Waals surface area contributed by atoms with Crippen LogP contribution in [0, 0.1) is 11.3 Å². The second-order valence-electron chi connectivity index (χ2n) is 7.58. The number of hydrogen-bond acceptors (Lipinski definition) is 5. The lowest BCUT2D eigenvalue weighted by Crippen LogP contribution is -2.60. The van der Waals surface area contributed by atoms with Crippen LogP contribution in [0.5, 0.6) is 0 Å². The van der Waals surface area contributed by atoms with Gasteiger partial charge in [-0.2, -0.15) is 5.26 Å². The molecule has 27 heavy (non-hydrogen) atoms. The summed E-state index contributed by atoms with van der Waals surface area (Å²) in [5, 5.41) is 18.4. The Labute approximate surface area is 159 Å². The lowest BCUT2D eigenvalue weighted by atomic mass is 9.86. The first-order valence-electron chi connectivity index (χ1n) is 9.35. The van der Waals surface area contributed by atoms with Crippen molar-refractivity contribution in [1.82, 2.24) is 14.7 Å². The fraction of sp³-hybridized carbons (Fsp3) is 0.550. The Morgan fingerprint density at radius 1 is 1.26 bits per heavy atom. The van der Waals surface area contributed by atoms with E-state index in [0.29, 0.717) is 25.1 Å². The molecule has 7 nitrogen and oxygen atoms in total. The Kier molecular flexibility index (Phi) is 5.78. The molecule has 0 aromatic heterocycles. The molecule has 0 radical (unpaired) electrons. The second-order valence-corrected chi connectivity index (χ2v) is 7.58. The number of carbonyl (C=O) groups is 2. The standard InChI is InChI=1S/C20H26N4O3/c1-22-10-11-23(13-17-5-3-2-4-16(17)12-21)15-20(22)7-6-18(25)24(9-8-20)14-19(26)27/h2-5H,6-11,13-15H2,1H3,(H,26,27)/t20-/m0/s1. The van der Waals surface area contributed by atoms with Crippen LogP contribution >= 0.6 is 0 Å². The first-order valence-corrected chi connectivity index (χ1v) is 9.35. The molecule has 0 saturated carbocycles. The van der Waals surface area contributed by atoms with Crippen LogP contribution in [0.3, 0.4) is 0 Å². The van der Waals surface area contributed by atoms with Crippen molar-refractivity contribution in [1.29, 1.82) is 5.26 Å². The van der Waals surface area contributed by atoms with Crippen LogP contribution < -0.4 is 0 Å². The van der Waals surface area contributed by atoms with E-state index in [1.54, 1.807) is 0 Å². The predicted molar refractivity (Wildman–Crippen MR) is 99.9 cm³/mol. The first-order chi connectivity index (χ1) is 12.9. The quantitative estimate of drug-likeness (QED) is 0.855. The largest absolute Gasteiger partial charge is 0.480 e. The van der Waals surface area contributed by atoms with Gasteiger partial charge in [-0.15, -0.1) is 0 Å². The maximum Gasteiger partial charge on any atom is 0.323 e. The summed E-state index contributed by atoms with van der Waals surface area (Å²) in [4.78, 5) is 29.5. The molecule has 7 heteroatoms. The molecule has 2 fully saturated rings. The van der Waals surface area contributed by atoms with Crippen LogP contribution in [-0.2, 0) is 16.1 Å². The summed E-state index contributed by atoms with van der Waals surface area (Å²) in [6.45, 7) is 3.58. The van der Waals surface area contributed by atoms with Gasteiger partial charge in [0.1, 0.15) is 6.54 Å². The van der Waals surface area contributed by atoms with Crippen molar-refractivity contribution in [3.05, 3.63) is 35.4 Å². The number of nitriles is 1. The van der Waals surface area contributed by atoms with Gasteiger partial charge in [0.2, 0.25) is 5.91 Å². The normalized spacial score (nSPS) is 24.6. The number of likely N-dealkylation sites (N-methyl/N-ethyl adjacent to an activating group) is 1. The zero-order valence-electron chi connectivity index (χ0n) is 15.7. The van der Waals surface area contributed by atoms with E-state index >= 15 is 0 Å². The molecule has 1 N–H and O–H groups in total. The molecule has 2 heterocycles. The average Bonchev–Trinajstić information content (AvgIpc) is 2.80. The van der Waals surface area contributed by atoms with Gasteiger partial charge in [-0.25, -0.2) is 0 Å². The number of aliphatic carboxylic acids is 1. The maximum absolute atomic E-state index is 12.3. The highest BCUT2D eigenvalue weighted by atomic mass is 16.4. The molecular weight excluding hydrogens is 344 g/mol. The molecule has 1 atom stereocenters. The minimum atomic E-state index is -0.967. The van der Waals surface area contributed by atoms with Crippen LogP contribution in [0.15, 0.2) is 24.3 Å². The third-order valence-electron chi connectivity index (χ3n) is 5.94. The summed E-state index contributed by atoms with van der Waals surface area (Å²) in [5.41, 5.74) is 1.59. The summed E-state index contributed by atoms with van der Waals surface area (Å²) in [6.07, 6.45) is 1.87. The van der Waals surface area contributed by atoms with E-state index in [4.69, 9.17) is 5.11 Å². The third kappa shape index (κ3) is 4.29. The van der Waals surface area contributed by atoms with Crippen LogP contribution in [-0.4, -0.2) is 77.0 Å². The summed E-state index contributed by atoms with van der Waals surface area (Å²) in [6, 6.07) is 9.93. The van der Waals surface area contributed by atoms with Gasteiger partial charge in [0.25, 0.3) is 0 Å². The van der Waals surface area contributed by atoms with E-state index in [0.717, 1.165) is 38.0 Å². The van der Waals surface area contributed by atoms with Gasteiger partial charge in [-0.3, -0.25) is 19.4 Å². The Bertz CT molecular complexity index is 760. The number of carboxylic acids is 1. The lowest BCUT2D eigenvalue weighted by molar-refractivity contribution is -0.144. The molecule has 1 aromatic rings. The van der Waals surface area contributed by atoms with Crippen LogP contribution in [0.4, 0.5) is 0 Å². The van der Waals surface area contributed by atoms with Crippen molar-refractivity contribution < 1.29 is 14.7 Å². The van der Waals surface area contributed by atoms with E-state index < -0.39 is 5.97 Å². The fourth-order valence-electron chi connectivity index (χ4n) is 4.25. The van der Waals surface area contributed by atoms with Crippen molar-refractivity contribution in [3.8, 4) is 6.07 Å². The SMILES string of the molecule is CN1CCN(Cc2ccccc2C#N)C[C@@]12CCC(=O)N(CC(=O)O)CC2. The monoisotopic (exact) mass is 370 g/mol. The highest BCUT2D eigenvalue weighted by molar-refractivity contribution is 5.81. The van der Waals surface area contributed by atoms with Gasteiger partial charge < -0.3 is 10.0 Å². The second kappa shape index (κ2) is 8.07. The van der Waals surface area contributed by atoms with E-state index in [9.17, 15) is 14.9 Å². The van der Waals surface area contributed by atoms with E-state index in [1.807, 2.05) is 24.3 Å². The van der Waals surface area contributed by atoms with Crippen LogP contribution in [0.25, 0.3) is 0 Å². The van der Waals surface area contributed by atoms with E-state index in [1.165, 1.54) is 4.90 Å². The minimum absolute atomic E-state index is 0.0744. The average molecular weight is 370 g/mol. The smallest absolute Gasteiger partial charge is 0.323 e. The highest BCUT2D eigenvalue weighted by Crippen LogP contribution is 2.32. The van der Waals surface area contributed by atoms with E-state index in [-0.39, 0.29) is 18.0 Å². The number of nitrogens with zero attached hydrogens (tertiary/aromatic N) is 4. The molecular formula is C20H26N4O3. The third-order valence-corrected chi connectivity index (χ3v) is 5.94. The molecule has 0 bridgehead atoms. The number of hydrogen-bond donors (Lipinski definition) is 1. The summed E-state index contributed by atoms with van der Waals surface area (Å²) in [7, 11) is 2.10. The number of carbonyl (C=O) groups excluding carboxylic acids is 1. The molecule has 144 valence electrons. The molecule has 0 unspecified atom stereocenters. The Hall–Kier alpha value is -2.43. The molecule has 1 aromatic carbocycles. The van der Waals surface area contributed by atoms with Gasteiger partial charge in [0.05, 0.1) is 11.6 Å². The zero-order valence-corrected chi connectivity index (χ0v) is 15.7. The molecule has 1 amide bonds. The Morgan fingerprint density at radius 2 is 2.04 bits per heavy atom. The van der Waals surface area contributed by atoms with Gasteiger partial charge in [0, 0.05) is 44.7 Å². The molecule has 0 aliphatic carbocycles. The zero-order chi connectivity index (χ0) is 19.4. The maximum atomic E-state index is 12.3. The topological polar surface area (TPSA) is 87.9 Å².